The van der Waals surface area contributed by atoms with Crippen LogP contribution in [0.3, 0.4) is 0 Å². The second-order valence-electron chi connectivity index (χ2n) is 4.75. The molecule has 1 aliphatic heterocycles. The maximum absolute atomic E-state index is 3.67. The van der Waals surface area contributed by atoms with Crippen LogP contribution in [0.5, 0.6) is 0 Å². The first-order chi connectivity index (χ1) is 7.63. The molecule has 1 aromatic rings. The molecule has 0 amide bonds. The number of hydrogen-bond donors (Lipinski definition) is 1. The summed E-state index contributed by atoms with van der Waals surface area (Å²) < 4.78 is 0. The van der Waals surface area contributed by atoms with Gasteiger partial charge in [-0.2, -0.15) is 0 Å². The van der Waals surface area contributed by atoms with Gasteiger partial charge in [-0.1, -0.05) is 31.5 Å². The molecule has 0 fully saturated rings. The van der Waals surface area contributed by atoms with E-state index < -0.39 is 0 Å². The quantitative estimate of drug-likeness (QED) is 0.854. The monoisotopic (exact) mass is 235 g/mol. The highest BCUT2D eigenvalue weighted by atomic mass is 32.2. The first kappa shape index (κ1) is 12.0. The molecule has 2 unspecified atom stereocenters. The molecular weight excluding hydrogens is 214 g/mol. The Morgan fingerprint density at radius 1 is 1.31 bits per heavy atom. The van der Waals surface area contributed by atoms with Crippen molar-refractivity contribution in [3.63, 3.8) is 0 Å². The highest BCUT2D eigenvalue weighted by molar-refractivity contribution is 8.00. The van der Waals surface area contributed by atoms with Gasteiger partial charge in [0.1, 0.15) is 0 Å². The second kappa shape index (κ2) is 4.80. The van der Waals surface area contributed by atoms with Gasteiger partial charge in [-0.3, -0.25) is 0 Å². The third-order valence-corrected chi connectivity index (χ3v) is 4.61. The number of thioether (sulfide) groups is 1. The van der Waals surface area contributed by atoms with Gasteiger partial charge in [0.2, 0.25) is 0 Å². The zero-order chi connectivity index (χ0) is 11.7. The minimum atomic E-state index is 0.540. The van der Waals surface area contributed by atoms with Crippen molar-refractivity contribution in [1.29, 1.82) is 0 Å². The van der Waals surface area contributed by atoms with Crippen LogP contribution in [0.4, 0.5) is 0 Å². The Balaban J connectivity index is 2.32. The van der Waals surface area contributed by atoms with Crippen LogP contribution in [0.25, 0.3) is 0 Å². The van der Waals surface area contributed by atoms with Crippen molar-refractivity contribution in [2.75, 3.05) is 6.54 Å². The maximum atomic E-state index is 3.67. The predicted octanol–water partition coefficient (Wildman–Crippen LogP) is 3.84. The van der Waals surface area contributed by atoms with Crippen LogP contribution in [-0.2, 0) is 0 Å². The molecule has 88 valence electrons. The molecule has 1 heterocycles. The Morgan fingerprint density at radius 2 is 2.06 bits per heavy atom. The Kier molecular flexibility index (Phi) is 3.60. The van der Waals surface area contributed by atoms with E-state index in [-0.39, 0.29) is 0 Å². The van der Waals surface area contributed by atoms with E-state index in [9.17, 15) is 0 Å². The summed E-state index contributed by atoms with van der Waals surface area (Å²) >= 11 is 2.02. The number of fused-ring (bicyclic) bond motifs is 1. The van der Waals surface area contributed by atoms with Gasteiger partial charge in [0.05, 0.1) is 0 Å². The van der Waals surface area contributed by atoms with Gasteiger partial charge in [-0.15, -0.1) is 11.8 Å². The Morgan fingerprint density at radius 3 is 2.75 bits per heavy atom. The van der Waals surface area contributed by atoms with Gasteiger partial charge in [0.15, 0.2) is 0 Å². The Bertz CT molecular complexity index is 387. The molecule has 0 spiro atoms. The van der Waals surface area contributed by atoms with Crippen LogP contribution in [-0.4, -0.2) is 11.8 Å². The van der Waals surface area contributed by atoms with E-state index in [1.807, 2.05) is 11.8 Å². The van der Waals surface area contributed by atoms with E-state index in [2.05, 4.69) is 45.1 Å². The SMILES string of the molecule is CCCNC1c2cc(C)cc(C)c2SC1C. The first-order valence-electron chi connectivity index (χ1n) is 6.14. The lowest BCUT2D eigenvalue weighted by atomic mass is 9.99. The molecule has 1 aromatic carbocycles. The van der Waals surface area contributed by atoms with Crippen molar-refractivity contribution in [2.45, 2.75) is 50.3 Å². The number of aryl methyl sites for hydroxylation is 2. The smallest absolute Gasteiger partial charge is 0.0452 e. The van der Waals surface area contributed by atoms with Crippen LogP contribution >= 0.6 is 11.8 Å². The van der Waals surface area contributed by atoms with Crippen molar-refractivity contribution >= 4 is 11.8 Å². The van der Waals surface area contributed by atoms with Crippen molar-refractivity contribution in [2.24, 2.45) is 0 Å². The lowest BCUT2D eigenvalue weighted by Crippen LogP contribution is -2.26. The Labute approximate surface area is 103 Å². The fourth-order valence-electron chi connectivity index (χ4n) is 2.46. The summed E-state index contributed by atoms with van der Waals surface area (Å²) in [7, 11) is 0. The average molecular weight is 235 g/mol. The molecule has 2 rings (SSSR count). The molecule has 1 N–H and O–H groups in total. The lowest BCUT2D eigenvalue weighted by Gasteiger charge is -2.17. The number of hydrogen-bond acceptors (Lipinski definition) is 2. The lowest BCUT2D eigenvalue weighted by molar-refractivity contribution is 0.532. The molecular formula is C14H21NS. The predicted molar refractivity (Wildman–Crippen MR) is 72.3 cm³/mol. The van der Waals surface area contributed by atoms with Crippen molar-refractivity contribution in [3.8, 4) is 0 Å². The van der Waals surface area contributed by atoms with E-state index in [1.165, 1.54) is 28.0 Å². The van der Waals surface area contributed by atoms with Gasteiger partial charge in [-0.25, -0.2) is 0 Å². The molecule has 2 atom stereocenters. The number of nitrogens with one attached hydrogen (secondary N) is 1. The van der Waals surface area contributed by atoms with Gasteiger partial charge in [0.25, 0.3) is 0 Å². The number of benzene rings is 1. The molecule has 0 saturated heterocycles. The van der Waals surface area contributed by atoms with Crippen LogP contribution in [0, 0.1) is 13.8 Å². The maximum Gasteiger partial charge on any atom is 0.0452 e. The topological polar surface area (TPSA) is 12.0 Å². The summed E-state index contributed by atoms with van der Waals surface area (Å²) in [6, 6.07) is 5.19. The van der Waals surface area contributed by atoms with E-state index in [1.54, 1.807) is 0 Å². The molecule has 0 bridgehead atoms. The van der Waals surface area contributed by atoms with Crippen molar-refractivity contribution in [3.05, 3.63) is 28.8 Å². The highest BCUT2D eigenvalue weighted by Gasteiger charge is 2.30. The summed E-state index contributed by atoms with van der Waals surface area (Å²) in [4.78, 5) is 1.51. The van der Waals surface area contributed by atoms with E-state index in [0.29, 0.717) is 11.3 Å². The molecule has 1 aliphatic rings. The fourth-order valence-corrected chi connectivity index (χ4v) is 3.78. The Hall–Kier alpha value is -0.470. The van der Waals surface area contributed by atoms with Crippen LogP contribution in [0.15, 0.2) is 17.0 Å². The minimum absolute atomic E-state index is 0.540. The van der Waals surface area contributed by atoms with Gasteiger partial charge < -0.3 is 5.32 Å². The van der Waals surface area contributed by atoms with E-state index in [0.717, 1.165) is 6.54 Å². The standard InChI is InChI=1S/C14H21NS/c1-5-6-15-13-11(4)16-14-10(3)7-9(2)8-12(13)14/h7-8,11,13,15H,5-6H2,1-4H3. The zero-order valence-corrected chi connectivity index (χ0v) is 11.4. The average Bonchev–Trinajstić information content (AvgIpc) is 2.53. The van der Waals surface area contributed by atoms with E-state index in [4.69, 9.17) is 0 Å². The summed E-state index contributed by atoms with van der Waals surface area (Å²) in [5.41, 5.74) is 4.34. The van der Waals surface area contributed by atoms with Crippen LogP contribution in [0.2, 0.25) is 0 Å². The van der Waals surface area contributed by atoms with E-state index >= 15 is 0 Å². The summed E-state index contributed by atoms with van der Waals surface area (Å²) in [6.45, 7) is 10.1. The summed E-state index contributed by atoms with van der Waals surface area (Å²) in [6.07, 6.45) is 1.20. The van der Waals surface area contributed by atoms with Crippen LogP contribution in [0.1, 0.15) is 43.0 Å². The minimum Gasteiger partial charge on any atom is -0.309 e. The molecule has 16 heavy (non-hydrogen) atoms. The highest BCUT2D eigenvalue weighted by Crippen LogP contribution is 2.45. The summed E-state index contributed by atoms with van der Waals surface area (Å²) in [5, 5.41) is 4.33. The molecule has 0 aromatic heterocycles. The van der Waals surface area contributed by atoms with Gasteiger partial charge >= 0.3 is 0 Å². The second-order valence-corrected chi connectivity index (χ2v) is 6.14. The molecule has 2 heteroatoms. The molecule has 0 radical (unpaired) electrons. The normalized spacial score (nSPS) is 23.5. The first-order valence-corrected chi connectivity index (χ1v) is 7.02. The third kappa shape index (κ3) is 2.14. The number of rotatable bonds is 3. The fraction of sp³-hybridized carbons (Fsp3) is 0.571. The molecule has 1 nitrogen and oxygen atoms in total. The van der Waals surface area contributed by atoms with Gasteiger partial charge in [0, 0.05) is 16.2 Å². The van der Waals surface area contributed by atoms with Crippen molar-refractivity contribution < 1.29 is 0 Å². The third-order valence-electron chi connectivity index (χ3n) is 3.17. The van der Waals surface area contributed by atoms with Crippen molar-refractivity contribution in [1.82, 2.24) is 5.32 Å². The summed E-state index contributed by atoms with van der Waals surface area (Å²) in [5.74, 6) is 0. The molecule has 0 aliphatic carbocycles. The zero-order valence-electron chi connectivity index (χ0n) is 10.6. The largest absolute Gasteiger partial charge is 0.309 e. The van der Waals surface area contributed by atoms with Gasteiger partial charge in [-0.05, 0) is 37.9 Å². The molecule has 0 saturated carbocycles. The van der Waals surface area contributed by atoms with Crippen LogP contribution < -0.4 is 5.32 Å².